The molecule has 19 heavy (non-hydrogen) atoms. The minimum absolute atomic E-state index is 0.283. The lowest BCUT2D eigenvalue weighted by Crippen LogP contribution is -2.08. The number of aromatic amines is 1. The summed E-state index contributed by atoms with van der Waals surface area (Å²) in [6, 6.07) is 9.43. The molecule has 5 nitrogen and oxygen atoms in total. The van der Waals surface area contributed by atoms with Crippen LogP contribution in [0.25, 0.3) is 10.9 Å². The minimum Gasteiger partial charge on any atom is -0.419 e. The summed E-state index contributed by atoms with van der Waals surface area (Å²) in [5.74, 6) is 0.0875. The first kappa shape index (κ1) is 11.5. The summed E-state index contributed by atoms with van der Waals surface area (Å²) in [5, 5.41) is 7.52. The fourth-order valence-corrected chi connectivity index (χ4v) is 2.06. The van der Waals surface area contributed by atoms with Crippen LogP contribution in [0.3, 0.4) is 0 Å². The Hall–Kier alpha value is -2.56. The first-order valence-electron chi connectivity index (χ1n) is 5.93. The molecule has 0 atom stereocenters. The summed E-state index contributed by atoms with van der Waals surface area (Å²) < 4.78 is 7.33. The number of aryl methyl sites for hydroxylation is 2. The number of ether oxygens (including phenoxy) is 1. The topological polar surface area (TPSA) is 59.9 Å². The average Bonchev–Trinajstić information content (AvgIpc) is 2.96. The van der Waals surface area contributed by atoms with Crippen LogP contribution >= 0.6 is 0 Å². The molecule has 5 heteroatoms. The van der Waals surface area contributed by atoms with Gasteiger partial charge in [-0.3, -0.25) is 5.10 Å². The second-order valence-corrected chi connectivity index (χ2v) is 4.45. The van der Waals surface area contributed by atoms with Gasteiger partial charge in [-0.25, -0.2) is 4.79 Å². The molecule has 0 aliphatic rings. The van der Waals surface area contributed by atoms with Crippen molar-refractivity contribution in [1.82, 2.24) is 14.8 Å². The average molecular weight is 255 g/mol. The van der Waals surface area contributed by atoms with Gasteiger partial charge in [0.05, 0.1) is 5.52 Å². The zero-order valence-electron chi connectivity index (χ0n) is 10.7. The van der Waals surface area contributed by atoms with Crippen LogP contribution in [-0.4, -0.2) is 20.7 Å². The lowest BCUT2D eigenvalue weighted by Gasteiger charge is -1.99. The third-order valence-corrected chi connectivity index (χ3v) is 2.98. The number of para-hydroxylation sites is 1. The van der Waals surface area contributed by atoms with Gasteiger partial charge in [0.25, 0.3) is 0 Å². The standard InChI is InChI=1S/C14H13N3O2/c1-9-7-11(16-15-9)14(18)19-13-8-17(2)12-6-4-3-5-10(12)13/h3-8H,1-2H3,(H,15,16). The molecule has 2 heterocycles. The van der Waals surface area contributed by atoms with Crippen molar-refractivity contribution in [2.24, 2.45) is 7.05 Å². The van der Waals surface area contributed by atoms with E-state index in [0.717, 1.165) is 16.6 Å². The summed E-state index contributed by atoms with van der Waals surface area (Å²) >= 11 is 0. The Labute approximate surface area is 109 Å². The molecule has 0 fully saturated rings. The molecule has 2 aromatic heterocycles. The highest BCUT2D eigenvalue weighted by Crippen LogP contribution is 2.27. The quantitative estimate of drug-likeness (QED) is 0.715. The molecular formula is C14H13N3O2. The molecule has 0 aliphatic heterocycles. The Morgan fingerprint density at radius 2 is 2.16 bits per heavy atom. The molecule has 3 aromatic rings. The highest BCUT2D eigenvalue weighted by Gasteiger charge is 2.15. The van der Waals surface area contributed by atoms with Gasteiger partial charge in [-0.05, 0) is 25.1 Å². The van der Waals surface area contributed by atoms with Gasteiger partial charge in [-0.15, -0.1) is 0 Å². The molecule has 0 spiro atoms. The third kappa shape index (κ3) is 1.99. The molecule has 0 amide bonds. The number of benzene rings is 1. The van der Waals surface area contributed by atoms with E-state index in [-0.39, 0.29) is 5.69 Å². The van der Waals surface area contributed by atoms with Gasteiger partial charge in [0.2, 0.25) is 0 Å². The number of fused-ring (bicyclic) bond motifs is 1. The number of esters is 1. The minimum atomic E-state index is -0.458. The van der Waals surface area contributed by atoms with E-state index in [9.17, 15) is 4.79 Å². The van der Waals surface area contributed by atoms with E-state index in [4.69, 9.17) is 4.74 Å². The largest absolute Gasteiger partial charge is 0.419 e. The smallest absolute Gasteiger partial charge is 0.364 e. The Balaban J connectivity index is 1.95. The lowest BCUT2D eigenvalue weighted by atomic mass is 10.2. The number of aromatic nitrogens is 3. The van der Waals surface area contributed by atoms with Gasteiger partial charge in [0.1, 0.15) is 0 Å². The van der Waals surface area contributed by atoms with E-state index in [2.05, 4.69) is 10.2 Å². The van der Waals surface area contributed by atoms with E-state index in [1.165, 1.54) is 0 Å². The number of rotatable bonds is 2. The maximum atomic E-state index is 12.0. The number of carbonyl (C=O) groups excluding carboxylic acids is 1. The van der Waals surface area contributed by atoms with Gasteiger partial charge < -0.3 is 9.30 Å². The predicted octanol–water partition coefficient (Wildman–Crippen LogP) is 2.43. The normalized spacial score (nSPS) is 10.8. The van der Waals surface area contributed by atoms with Crippen LogP contribution in [0.5, 0.6) is 5.75 Å². The van der Waals surface area contributed by atoms with Crippen LogP contribution in [0.4, 0.5) is 0 Å². The van der Waals surface area contributed by atoms with Gasteiger partial charge >= 0.3 is 5.97 Å². The fourth-order valence-electron chi connectivity index (χ4n) is 2.06. The highest BCUT2D eigenvalue weighted by atomic mass is 16.5. The van der Waals surface area contributed by atoms with Crippen molar-refractivity contribution in [3.63, 3.8) is 0 Å². The zero-order valence-corrected chi connectivity index (χ0v) is 10.7. The molecule has 0 saturated carbocycles. The maximum Gasteiger partial charge on any atom is 0.364 e. The summed E-state index contributed by atoms with van der Waals surface area (Å²) in [5.41, 5.74) is 2.12. The van der Waals surface area contributed by atoms with Crippen molar-refractivity contribution >= 4 is 16.9 Å². The number of hydrogen-bond donors (Lipinski definition) is 1. The molecule has 0 unspecified atom stereocenters. The Bertz CT molecular complexity index is 755. The van der Waals surface area contributed by atoms with Gasteiger partial charge in [-0.2, -0.15) is 5.10 Å². The molecule has 1 N–H and O–H groups in total. The van der Waals surface area contributed by atoms with Crippen molar-refractivity contribution < 1.29 is 9.53 Å². The number of hydrogen-bond acceptors (Lipinski definition) is 3. The van der Waals surface area contributed by atoms with E-state index >= 15 is 0 Å². The van der Waals surface area contributed by atoms with Crippen LogP contribution in [0, 0.1) is 6.92 Å². The maximum absolute atomic E-state index is 12.0. The summed E-state index contributed by atoms with van der Waals surface area (Å²) in [6.07, 6.45) is 1.79. The van der Waals surface area contributed by atoms with E-state index in [1.807, 2.05) is 42.8 Å². The molecule has 96 valence electrons. The lowest BCUT2D eigenvalue weighted by molar-refractivity contribution is 0.0730. The molecular weight excluding hydrogens is 242 g/mol. The first-order valence-corrected chi connectivity index (χ1v) is 5.93. The number of nitrogens with one attached hydrogen (secondary N) is 1. The molecule has 0 saturated heterocycles. The number of H-pyrrole nitrogens is 1. The van der Waals surface area contributed by atoms with Gasteiger partial charge in [0, 0.05) is 24.3 Å². The van der Waals surface area contributed by atoms with Crippen LogP contribution < -0.4 is 4.74 Å². The second kappa shape index (κ2) is 4.28. The van der Waals surface area contributed by atoms with Crippen LogP contribution in [0.15, 0.2) is 36.5 Å². The predicted molar refractivity (Wildman–Crippen MR) is 71.2 cm³/mol. The fraction of sp³-hybridized carbons (Fsp3) is 0.143. The van der Waals surface area contributed by atoms with Gasteiger partial charge in [-0.1, -0.05) is 12.1 Å². The van der Waals surface area contributed by atoms with E-state index in [0.29, 0.717) is 5.75 Å². The highest BCUT2D eigenvalue weighted by molar-refractivity contribution is 5.94. The number of nitrogens with zero attached hydrogens (tertiary/aromatic N) is 2. The monoisotopic (exact) mass is 255 g/mol. The van der Waals surface area contributed by atoms with Crippen molar-refractivity contribution in [1.29, 1.82) is 0 Å². The molecule has 0 aliphatic carbocycles. The third-order valence-electron chi connectivity index (χ3n) is 2.98. The van der Waals surface area contributed by atoms with E-state index in [1.54, 1.807) is 12.3 Å². The Morgan fingerprint density at radius 1 is 1.37 bits per heavy atom. The first-order chi connectivity index (χ1) is 9.15. The van der Waals surface area contributed by atoms with Crippen LogP contribution in [0.1, 0.15) is 16.2 Å². The van der Waals surface area contributed by atoms with Crippen LogP contribution in [-0.2, 0) is 7.05 Å². The zero-order chi connectivity index (χ0) is 13.4. The molecule has 0 radical (unpaired) electrons. The summed E-state index contributed by atoms with van der Waals surface area (Å²) in [7, 11) is 1.92. The Kier molecular flexibility index (Phi) is 2.59. The molecule has 1 aromatic carbocycles. The van der Waals surface area contributed by atoms with Crippen LogP contribution in [0.2, 0.25) is 0 Å². The Morgan fingerprint density at radius 3 is 2.89 bits per heavy atom. The number of carbonyl (C=O) groups is 1. The van der Waals surface area contributed by atoms with E-state index < -0.39 is 5.97 Å². The summed E-state index contributed by atoms with van der Waals surface area (Å²) in [6.45, 7) is 1.84. The van der Waals surface area contributed by atoms with Crippen molar-refractivity contribution in [3.8, 4) is 5.75 Å². The molecule has 0 bridgehead atoms. The van der Waals surface area contributed by atoms with Gasteiger partial charge in [0.15, 0.2) is 11.4 Å². The second-order valence-electron chi connectivity index (χ2n) is 4.45. The van der Waals surface area contributed by atoms with Crippen molar-refractivity contribution in [3.05, 3.63) is 47.9 Å². The van der Waals surface area contributed by atoms with Crippen molar-refractivity contribution in [2.75, 3.05) is 0 Å². The molecule has 3 rings (SSSR count). The van der Waals surface area contributed by atoms with Crippen molar-refractivity contribution in [2.45, 2.75) is 6.92 Å². The SMILES string of the molecule is Cc1cc(C(=O)Oc2cn(C)c3ccccc23)n[nH]1. The summed E-state index contributed by atoms with van der Waals surface area (Å²) in [4.78, 5) is 12.0.